The first kappa shape index (κ1) is 66.5. The van der Waals surface area contributed by atoms with Gasteiger partial charge in [0.05, 0.1) is 19.8 Å². The summed E-state index contributed by atoms with van der Waals surface area (Å²) in [6.45, 7) is 22.7. The van der Waals surface area contributed by atoms with Gasteiger partial charge in [-0.1, -0.05) is 99.3 Å². The van der Waals surface area contributed by atoms with Gasteiger partial charge in [-0.25, -0.2) is 42.5 Å². The van der Waals surface area contributed by atoms with Gasteiger partial charge in [0.1, 0.15) is 18.3 Å². The Morgan fingerprint density at radius 2 is 0.679 bits per heavy atom. The monoisotopic (exact) mass is 1110 g/mol. The Balaban J connectivity index is 1.24. The van der Waals surface area contributed by atoms with Gasteiger partial charge in [0.2, 0.25) is 0 Å². The summed E-state index contributed by atoms with van der Waals surface area (Å²) in [5, 5.41) is 8.62. The van der Waals surface area contributed by atoms with Gasteiger partial charge in [-0.2, -0.15) is 0 Å². The van der Waals surface area contributed by atoms with E-state index in [0.717, 1.165) is 96.7 Å². The molecule has 9 atom stereocenters. The van der Waals surface area contributed by atoms with Gasteiger partial charge in [0, 0.05) is 116 Å². The van der Waals surface area contributed by atoms with Gasteiger partial charge in [-0.05, 0) is 77.0 Å². The summed E-state index contributed by atoms with van der Waals surface area (Å²) < 4.78 is 38.3. The first-order valence-corrected chi connectivity index (χ1v) is 30.7. The van der Waals surface area contributed by atoms with Gasteiger partial charge in [0.25, 0.3) is 0 Å². The highest BCUT2D eigenvalue weighted by molar-refractivity contribution is 5.68. The van der Waals surface area contributed by atoms with E-state index in [2.05, 4.69) is 72.2 Å². The quantitative estimate of drug-likeness (QED) is 0.0345. The molecule has 3 aliphatic heterocycles. The van der Waals surface area contributed by atoms with Crippen LogP contribution >= 0.6 is 0 Å². The molecule has 3 fully saturated rings. The molecule has 3 aliphatic rings. The van der Waals surface area contributed by atoms with Crippen molar-refractivity contribution in [3.05, 3.63) is 31.5 Å². The summed E-state index contributed by atoms with van der Waals surface area (Å²) in [6, 6.07) is 1.62. The van der Waals surface area contributed by atoms with E-state index in [1.165, 1.54) is 13.7 Å². The van der Waals surface area contributed by atoms with E-state index in [1.807, 2.05) is 0 Å². The second-order valence-corrected chi connectivity index (χ2v) is 21.7. The minimum absolute atomic E-state index is 0.164. The van der Waals surface area contributed by atoms with Crippen LogP contribution in [0.5, 0.6) is 0 Å². The number of amides is 3. The molecule has 9 unspecified atom stereocenters. The summed E-state index contributed by atoms with van der Waals surface area (Å²) in [6.07, 6.45) is 14.9. The molecule has 0 spiro atoms. The van der Waals surface area contributed by atoms with E-state index in [1.54, 1.807) is 0 Å². The third-order valence-electron chi connectivity index (χ3n) is 15.0. The molecule has 0 bridgehead atoms. The highest BCUT2D eigenvalue weighted by Crippen LogP contribution is 2.23. The molecule has 1 aromatic rings. The summed E-state index contributed by atoms with van der Waals surface area (Å²) in [5.41, 5.74) is -1.82. The number of nitrogens with one attached hydrogen (secondary N) is 3. The van der Waals surface area contributed by atoms with E-state index < -0.39 is 35.3 Å². The number of unbranched alkanes of at least 4 members (excludes halogenated alkanes) is 12. The molecule has 3 amide bonds. The SMILES string of the molecule is CCCCOCC(CN1CC1CC)OC(=O)NCCCCCCn1c(=O)n(CCCCCCNC(=O)OC(COCCCC)CN2CC2CC)c(=O)n(CCCCCCNC(=O)OC(COCCCC)CN2CC2CC)c1=O. The normalized spacial score (nSPS) is 20.4. The van der Waals surface area contributed by atoms with Crippen LogP contribution in [0.15, 0.2) is 14.4 Å². The van der Waals surface area contributed by atoms with Crippen molar-refractivity contribution in [2.75, 3.05) is 98.5 Å². The van der Waals surface area contributed by atoms with Crippen LogP contribution in [-0.4, -0.2) is 182 Å². The number of hydrogen-bond acceptors (Lipinski definition) is 15. The van der Waals surface area contributed by atoms with Gasteiger partial charge < -0.3 is 44.4 Å². The van der Waals surface area contributed by atoms with Crippen molar-refractivity contribution in [2.24, 2.45) is 0 Å². The van der Waals surface area contributed by atoms with E-state index in [4.69, 9.17) is 28.4 Å². The van der Waals surface area contributed by atoms with E-state index in [9.17, 15) is 28.8 Å². The number of hydrogen-bond donors (Lipinski definition) is 3. The zero-order chi connectivity index (χ0) is 56.3. The van der Waals surface area contributed by atoms with Crippen molar-refractivity contribution in [1.82, 2.24) is 44.4 Å². The van der Waals surface area contributed by atoms with Crippen LogP contribution in [0, 0.1) is 0 Å². The largest absolute Gasteiger partial charge is 0.442 e. The first-order chi connectivity index (χ1) is 38.0. The van der Waals surface area contributed by atoms with Gasteiger partial charge >= 0.3 is 35.3 Å². The Morgan fingerprint density at radius 3 is 0.923 bits per heavy atom. The second-order valence-electron chi connectivity index (χ2n) is 21.7. The Labute approximate surface area is 466 Å². The van der Waals surface area contributed by atoms with Crippen molar-refractivity contribution in [2.45, 2.75) is 232 Å². The van der Waals surface area contributed by atoms with E-state index >= 15 is 0 Å². The Hall–Kier alpha value is -4.02. The predicted molar refractivity (Wildman–Crippen MR) is 304 cm³/mol. The summed E-state index contributed by atoms with van der Waals surface area (Å²) in [7, 11) is 0. The molecular weight excluding hydrogens is 1000 g/mol. The summed E-state index contributed by atoms with van der Waals surface area (Å²) in [5.74, 6) is 0. The van der Waals surface area contributed by atoms with Crippen molar-refractivity contribution in [1.29, 1.82) is 0 Å². The lowest BCUT2D eigenvalue weighted by molar-refractivity contribution is 0.0122. The number of carbonyl (C=O) groups is 3. The molecule has 4 heterocycles. The second kappa shape index (κ2) is 39.4. The van der Waals surface area contributed by atoms with Crippen LogP contribution in [0.2, 0.25) is 0 Å². The van der Waals surface area contributed by atoms with Gasteiger partial charge in [0.15, 0.2) is 0 Å². The lowest BCUT2D eigenvalue weighted by Crippen LogP contribution is -2.54. The number of carbonyl (C=O) groups excluding carboxylic acids is 3. The zero-order valence-corrected chi connectivity index (χ0v) is 49.1. The molecule has 21 heteroatoms. The number of alkyl carbamates (subject to hydrolysis) is 3. The molecule has 1 aromatic heterocycles. The minimum atomic E-state index is -0.607. The highest BCUT2D eigenvalue weighted by Gasteiger charge is 2.37. The maximum atomic E-state index is 13.9. The lowest BCUT2D eigenvalue weighted by atomic mass is 10.2. The summed E-state index contributed by atoms with van der Waals surface area (Å²) >= 11 is 0. The highest BCUT2D eigenvalue weighted by atomic mass is 16.6. The van der Waals surface area contributed by atoms with E-state index in [-0.39, 0.29) is 37.9 Å². The molecule has 3 saturated heterocycles. The Morgan fingerprint density at radius 1 is 0.410 bits per heavy atom. The topological polar surface area (TPSA) is 218 Å². The Bertz CT molecular complexity index is 1750. The van der Waals surface area contributed by atoms with Crippen molar-refractivity contribution < 1.29 is 42.8 Å². The predicted octanol–water partition coefficient (Wildman–Crippen LogP) is 6.87. The summed E-state index contributed by atoms with van der Waals surface area (Å²) in [4.78, 5) is 86.7. The fourth-order valence-corrected chi connectivity index (χ4v) is 9.70. The molecule has 0 aliphatic carbocycles. The third-order valence-corrected chi connectivity index (χ3v) is 15.0. The number of ether oxygens (including phenoxy) is 6. The van der Waals surface area contributed by atoms with E-state index in [0.29, 0.717) is 155 Å². The number of aromatic nitrogens is 3. The van der Waals surface area contributed by atoms with Crippen molar-refractivity contribution in [3.8, 4) is 0 Å². The maximum absolute atomic E-state index is 13.9. The molecule has 21 nitrogen and oxygen atoms in total. The maximum Gasteiger partial charge on any atom is 0.407 e. The first-order valence-electron chi connectivity index (χ1n) is 30.7. The fraction of sp³-hybridized carbons (Fsp3) is 0.895. The van der Waals surface area contributed by atoms with Crippen LogP contribution in [0.1, 0.15) is 176 Å². The molecule has 0 saturated carbocycles. The molecule has 3 N–H and O–H groups in total. The standard InChI is InChI=1S/C57H105N9O12/c1-7-13-34-73-43-49(40-61-37-46(61)10-4)76-52(67)58-28-22-16-19-25-31-64-55(70)65(32-26-20-17-23-29-59-53(68)77-50(44-74-35-14-8-2)41-62-38-47(62)11-5)57(72)66(56(64)71)33-27-21-18-24-30-60-54(69)78-51(45-75-36-15-9-3)42-63-39-48(63)12-6/h46-51H,7-45H2,1-6H3,(H,58,67)(H,59,68)(H,60,69). The smallest absolute Gasteiger partial charge is 0.407 e. The van der Waals surface area contributed by atoms with Crippen molar-refractivity contribution in [3.63, 3.8) is 0 Å². The number of nitrogens with zero attached hydrogens (tertiary/aromatic N) is 6. The van der Waals surface area contributed by atoms with Gasteiger partial charge in [-0.15, -0.1) is 0 Å². The van der Waals surface area contributed by atoms with Crippen molar-refractivity contribution >= 4 is 18.3 Å². The molecule has 0 radical (unpaired) electrons. The third kappa shape index (κ3) is 27.0. The van der Waals surface area contributed by atoms with Crippen LogP contribution in [0.4, 0.5) is 14.4 Å². The number of rotatable bonds is 48. The average molecular weight is 1110 g/mol. The molecule has 4 rings (SSSR count). The molecule has 450 valence electrons. The zero-order valence-electron chi connectivity index (χ0n) is 49.1. The van der Waals surface area contributed by atoms with Gasteiger partial charge in [-0.3, -0.25) is 14.7 Å². The molecule has 78 heavy (non-hydrogen) atoms. The molecular formula is C57H105N9O12. The fourth-order valence-electron chi connectivity index (χ4n) is 9.70. The van der Waals surface area contributed by atoms with Crippen LogP contribution < -0.4 is 33.0 Å². The average Bonchev–Trinajstić information content (AvgIpc) is 4.37. The lowest BCUT2D eigenvalue weighted by Gasteiger charge is -2.19. The van der Waals surface area contributed by atoms with Crippen LogP contribution in [0.25, 0.3) is 0 Å². The van der Waals surface area contributed by atoms with Crippen LogP contribution in [0.3, 0.4) is 0 Å². The van der Waals surface area contributed by atoms with Crippen LogP contribution in [-0.2, 0) is 48.1 Å². The molecule has 0 aromatic carbocycles. The Kier molecular flexibility index (Phi) is 33.6. The minimum Gasteiger partial charge on any atom is -0.442 e.